The van der Waals surface area contributed by atoms with Crippen molar-refractivity contribution in [3.8, 4) is 5.75 Å². The lowest BCUT2D eigenvalue weighted by Crippen LogP contribution is -2.49. The number of halogens is 3. The molecule has 1 aliphatic rings. The summed E-state index contributed by atoms with van der Waals surface area (Å²) in [6.45, 7) is 2.00. The van der Waals surface area contributed by atoms with Crippen LogP contribution in [-0.2, 0) is 17.6 Å². The summed E-state index contributed by atoms with van der Waals surface area (Å²) in [4.78, 5) is 26.4. The number of nitrogens with one attached hydrogen (secondary N) is 2. The number of thiophene rings is 1. The summed E-state index contributed by atoms with van der Waals surface area (Å²) < 4.78 is 8.45. The molecule has 1 aliphatic carbocycles. The van der Waals surface area contributed by atoms with Crippen LogP contribution in [0.5, 0.6) is 5.75 Å². The fourth-order valence-electron chi connectivity index (χ4n) is 3.21. The minimum atomic E-state index is -1.87. The van der Waals surface area contributed by atoms with Gasteiger partial charge in [-0.1, -0.05) is 34.8 Å². The van der Waals surface area contributed by atoms with E-state index in [1.807, 2.05) is 0 Å². The van der Waals surface area contributed by atoms with Gasteiger partial charge in [0.2, 0.25) is 3.79 Å². The number of hydrogen-bond acceptors (Lipinski definition) is 6. The number of alkyl halides is 3. The number of methoxy groups -OCH3 is 1. The van der Waals surface area contributed by atoms with Gasteiger partial charge in [-0.15, -0.1) is 11.3 Å². The molecule has 162 valence electrons. The molecule has 6 nitrogen and oxygen atoms in total. The number of esters is 1. The van der Waals surface area contributed by atoms with Gasteiger partial charge in [-0.3, -0.25) is 4.79 Å². The average Bonchev–Trinajstić information content (AvgIpc) is 3.27. The van der Waals surface area contributed by atoms with Gasteiger partial charge >= 0.3 is 5.97 Å². The largest absolute Gasteiger partial charge is 0.497 e. The van der Waals surface area contributed by atoms with Gasteiger partial charge in [-0.25, -0.2) is 4.79 Å². The number of fused-ring (bicyclic) bond motifs is 1. The van der Waals surface area contributed by atoms with Crippen molar-refractivity contribution in [2.24, 2.45) is 0 Å². The van der Waals surface area contributed by atoms with Crippen molar-refractivity contribution in [2.75, 3.05) is 19.0 Å². The van der Waals surface area contributed by atoms with E-state index >= 15 is 0 Å². The molecule has 2 aromatic rings. The molecular weight excluding hydrogens is 471 g/mol. The first-order valence-corrected chi connectivity index (χ1v) is 11.3. The van der Waals surface area contributed by atoms with Crippen molar-refractivity contribution < 1.29 is 19.1 Å². The zero-order valence-electron chi connectivity index (χ0n) is 16.4. The topological polar surface area (TPSA) is 76.7 Å². The van der Waals surface area contributed by atoms with Crippen molar-refractivity contribution in [3.05, 3.63) is 45.8 Å². The standard InChI is InChI=1S/C20H21Cl3N2O4S/c1-3-29-18(27)15-13-5-4-6-14(13)30-17(15)25-19(20(21,22)23)24-16(26)11-7-9-12(28-2)10-8-11/h7-10,19,25H,3-6H2,1-2H3,(H,24,26). The van der Waals surface area contributed by atoms with E-state index in [1.165, 1.54) is 18.4 Å². The number of ether oxygens (including phenoxy) is 2. The Morgan fingerprint density at radius 1 is 1.20 bits per heavy atom. The molecule has 10 heteroatoms. The monoisotopic (exact) mass is 490 g/mol. The summed E-state index contributed by atoms with van der Waals surface area (Å²) in [5, 5.41) is 6.25. The van der Waals surface area contributed by atoms with Gasteiger partial charge in [-0.2, -0.15) is 0 Å². The fraction of sp³-hybridized carbons (Fsp3) is 0.400. The quantitative estimate of drug-likeness (QED) is 0.325. The third kappa shape index (κ3) is 5.14. The number of benzene rings is 1. The Balaban J connectivity index is 1.85. The van der Waals surface area contributed by atoms with E-state index in [9.17, 15) is 9.59 Å². The highest BCUT2D eigenvalue weighted by molar-refractivity contribution is 7.16. The van der Waals surface area contributed by atoms with E-state index in [0.717, 1.165) is 29.7 Å². The molecule has 0 saturated carbocycles. The Hall–Kier alpha value is -1.67. The Morgan fingerprint density at radius 2 is 1.90 bits per heavy atom. The maximum absolute atomic E-state index is 12.7. The first kappa shape index (κ1) is 23.0. The molecule has 1 atom stereocenters. The lowest BCUT2D eigenvalue weighted by molar-refractivity contribution is 0.0527. The van der Waals surface area contributed by atoms with Crippen molar-refractivity contribution in [3.63, 3.8) is 0 Å². The van der Waals surface area contributed by atoms with Crippen molar-refractivity contribution in [1.29, 1.82) is 0 Å². The van der Waals surface area contributed by atoms with Gasteiger partial charge < -0.3 is 20.1 Å². The second-order valence-corrected chi connectivity index (χ2v) is 10.1. The average molecular weight is 492 g/mol. The Bertz CT molecular complexity index is 925. The summed E-state index contributed by atoms with van der Waals surface area (Å²) in [5.74, 6) is -0.248. The van der Waals surface area contributed by atoms with Crippen LogP contribution >= 0.6 is 46.1 Å². The first-order chi connectivity index (χ1) is 14.2. The Labute approximate surface area is 193 Å². The predicted molar refractivity (Wildman–Crippen MR) is 120 cm³/mol. The second-order valence-electron chi connectivity index (χ2n) is 6.60. The minimum absolute atomic E-state index is 0.255. The van der Waals surface area contributed by atoms with Crippen molar-refractivity contribution in [2.45, 2.75) is 36.1 Å². The molecular formula is C20H21Cl3N2O4S. The van der Waals surface area contributed by atoms with Crippen LogP contribution in [0.2, 0.25) is 0 Å². The van der Waals surface area contributed by atoms with Gasteiger partial charge in [0.05, 0.1) is 19.3 Å². The third-order valence-corrected chi connectivity index (χ3v) is 6.51. The maximum atomic E-state index is 12.7. The molecule has 1 heterocycles. The smallest absolute Gasteiger partial charge is 0.341 e. The summed E-state index contributed by atoms with van der Waals surface area (Å²) in [7, 11) is 1.54. The first-order valence-electron chi connectivity index (χ1n) is 9.34. The summed E-state index contributed by atoms with van der Waals surface area (Å²) in [6, 6.07) is 6.53. The highest BCUT2D eigenvalue weighted by atomic mass is 35.6. The van der Waals surface area contributed by atoms with Crippen LogP contribution in [0.15, 0.2) is 24.3 Å². The molecule has 0 aliphatic heterocycles. The van der Waals surface area contributed by atoms with E-state index in [-0.39, 0.29) is 6.61 Å². The number of rotatable bonds is 7. The zero-order chi connectivity index (χ0) is 21.9. The number of carbonyl (C=O) groups excluding carboxylic acids is 2. The molecule has 3 rings (SSSR count). The van der Waals surface area contributed by atoms with E-state index < -0.39 is 21.8 Å². The van der Waals surface area contributed by atoms with E-state index in [1.54, 1.807) is 31.2 Å². The summed E-state index contributed by atoms with van der Waals surface area (Å²) >= 11 is 19.8. The van der Waals surface area contributed by atoms with Gasteiger partial charge in [0, 0.05) is 10.4 Å². The molecule has 0 bridgehead atoms. The Morgan fingerprint density at radius 3 is 2.50 bits per heavy atom. The van der Waals surface area contributed by atoms with Gasteiger partial charge in [0.15, 0.2) is 0 Å². The number of aryl methyl sites for hydroxylation is 1. The number of hydrogen-bond donors (Lipinski definition) is 2. The highest BCUT2D eigenvalue weighted by Gasteiger charge is 2.37. The summed E-state index contributed by atoms with van der Waals surface area (Å²) in [5.41, 5.74) is 1.79. The second kappa shape index (κ2) is 9.64. The molecule has 1 unspecified atom stereocenters. The molecule has 0 radical (unpaired) electrons. The maximum Gasteiger partial charge on any atom is 0.341 e. The van der Waals surface area contributed by atoms with Crippen LogP contribution in [0.3, 0.4) is 0 Å². The lowest BCUT2D eigenvalue weighted by Gasteiger charge is -2.27. The zero-order valence-corrected chi connectivity index (χ0v) is 19.5. The number of amides is 1. The van der Waals surface area contributed by atoms with Crippen LogP contribution in [-0.4, -0.2) is 35.6 Å². The molecule has 1 aromatic carbocycles. The van der Waals surface area contributed by atoms with Crippen LogP contribution in [0.4, 0.5) is 5.00 Å². The van der Waals surface area contributed by atoms with Crippen LogP contribution < -0.4 is 15.4 Å². The number of carbonyl (C=O) groups is 2. The van der Waals surface area contributed by atoms with Crippen molar-refractivity contribution >= 4 is 63.0 Å². The third-order valence-electron chi connectivity index (χ3n) is 4.63. The SMILES string of the molecule is CCOC(=O)c1c(NC(NC(=O)c2ccc(OC)cc2)C(Cl)(Cl)Cl)sc2c1CCC2. The van der Waals surface area contributed by atoms with Gasteiger partial charge in [0.25, 0.3) is 5.91 Å². The highest BCUT2D eigenvalue weighted by Crippen LogP contribution is 2.41. The Kier molecular flexibility index (Phi) is 7.39. The van der Waals surface area contributed by atoms with Crippen LogP contribution in [0, 0.1) is 0 Å². The molecule has 0 fully saturated rings. The van der Waals surface area contributed by atoms with Gasteiger partial charge in [0.1, 0.15) is 16.9 Å². The molecule has 2 N–H and O–H groups in total. The molecule has 30 heavy (non-hydrogen) atoms. The van der Waals surface area contributed by atoms with Crippen LogP contribution in [0.25, 0.3) is 0 Å². The molecule has 1 amide bonds. The molecule has 1 aromatic heterocycles. The lowest BCUT2D eigenvalue weighted by atomic mass is 10.1. The molecule has 0 saturated heterocycles. The number of anilines is 1. The van der Waals surface area contributed by atoms with Crippen LogP contribution in [0.1, 0.15) is 44.5 Å². The van der Waals surface area contributed by atoms with Gasteiger partial charge in [-0.05, 0) is 56.0 Å². The van der Waals surface area contributed by atoms with E-state index in [2.05, 4.69) is 10.6 Å². The fourth-order valence-corrected chi connectivity index (χ4v) is 4.85. The van der Waals surface area contributed by atoms with E-state index in [4.69, 9.17) is 44.3 Å². The minimum Gasteiger partial charge on any atom is -0.497 e. The normalized spacial score (nSPS) is 14.0. The van der Waals surface area contributed by atoms with Crippen molar-refractivity contribution in [1.82, 2.24) is 5.32 Å². The predicted octanol–water partition coefficient (Wildman–Crippen LogP) is 4.96. The summed E-state index contributed by atoms with van der Waals surface area (Å²) in [6.07, 6.45) is 1.57. The molecule has 0 spiro atoms. The van der Waals surface area contributed by atoms with E-state index in [0.29, 0.717) is 21.9 Å².